The van der Waals surface area contributed by atoms with Gasteiger partial charge in [-0.05, 0) is 105 Å². The number of rotatable bonds is 6. The molecule has 4 rings (SSSR count). The third-order valence-electron chi connectivity index (χ3n) is 5.25. The van der Waals surface area contributed by atoms with Crippen molar-refractivity contribution in [3.05, 3.63) is 88.6 Å². The molecule has 0 aliphatic carbocycles. The smallest absolute Gasteiger partial charge is 0.264 e. The molecule has 0 radical (unpaired) electrons. The lowest BCUT2D eigenvalue weighted by molar-refractivity contribution is -0.115. The summed E-state index contributed by atoms with van der Waals surface area (Å²) in [5, 5.41) is 4.31. The molecule has 1 aliphatic heterocycles. The number of aliphatic imine (C=N–C) groups is 1. The van der Waals surface area contributed by atoms with Crippen LogP contribution in [0.3, 0.4) is 0 Å². The summed E-state index contributed by atoms with van der Waals surface area (Å²) >= 11 is 20.6. The largest absolute Gasteiger partial charge is 0.493 e. The Labute approximate surface area is 240 Å². The zero-order valence-corrected chi connectivity index (χ0v) is 24.9. The van der Waals surface area contributed by atoms with Gasteiger partial charge in [-0.25, -0.2) is 4.99 Å². The van der Waals surface area contributed by atoms with Crippen LogP contribution in [0.2, 0.25) is 10.0 Å². The molecule has 3 aromatic carbocycles. The standard InChI is InChI=1S/C26H20Br2Cl2N2O3S/c1-13-4-7-19(14(2)8-13)31-26-32-25(33)21(36-26)11-16-10-20(34-3)24(23(28)22(16)27)35-12-15-5-6-17(29)18(30)9-15/h4-11H,12H2,1-3H3,(H,31,32,33)/b21-11-. The fourth-order valence-electron chi connectivity index (χ4n) is 3.44. The summed E-state index contributed by atoms with van der Waals surface area (Å²) in [5.41, 5.74) is 4.62. The molecule has 10 heteroatoms. The molecule has 1 fully saturated rings. The van der Waals surface area contributed by atoms with E-state index in [-0.39, 0.29) is 12.5 Å². The first kappa shape index (κ1) is 27.1. The van der Waals surface area contributed by atoms with Gasteiger partial charge in [-0.15, -0.1) is 0 Å². The van der Waals surface area contributed by atoms with Crippen LogP contribution in [0.1, 0.15) is 22.3 Å². The van der Waals surface area contributed by atoms with Crippen molar-refractivity contribution < 1.29 is 14.3 Å². The zero-order valence-electron chi connectivity index (χ0n) is 19.4. The van der Waals surface area contributed by atoms with E-state index in [4.69, 9.17) is 32.7 Å². The fourth-order valence-corrected chi connectivity index (χ4v) is 5.54. The number of amidine groups is 1. The molecule has 36 heavy (non-hydrogen) atoms. The number of thioether (sulfide) groups is 1. The quantitative estimate of drug-likeness (QED) is 0.267. The SMILES string of the molecule is COc1cc(/C=C2\SC(=Nc3ccc(C)cc3C)NC2=O)c(Br)c(Br)c1OCc1ccc(Cl)c(Cl)c1. The summed E-state index contributed by atoms with van der Waals surface area (Å²) in [7, 11) is 1.56. The number of carbonyl (C=O) groups excluding carboxylic acids is 1. The fraction of sp³-hybridized carbons (Fsp3) is 0.154. The molecular formula is C26H20Br2Cl2N2O3S. The van der Waals surface area contributed by atoms with E-state index in [0.29, 0.717) is 40.6 Å². The lowest BCUT2D eigenvalue weighted by atomic mass is 10.1. The first-order chi connectivity index (χ1) is 17.2. The number of ether oxygens (including phenoxy) is 2. The molecule has 1 amide bonds. The van der Waals surface area contributed by atoms with E-state index in [1.54, 1.807) is 31.4 Å². The molecular weight excluding hydrogens is 651 g/mol. The van der Waals surface area contributed by atoms with Crippen LogP contribution in [-0.4, -0.2) is 18.2 Å². The van der Waals surface area contributed by atoms with Crippen molar-refractivity contribution in [3.63, 3.8) is 0 Å². The van der Waals surface area contributed by atoms with Crippen LogP contribution in [0, 0.1) is 13.8 Å². The van der Waals surface area contributed by atoms with Gasteiger partial charge in [0.2, 0.25) is 0 Å². The van der Waals surface area contributed by atoms with Crippen LogP contribution >= 0.6 is 66.8 Å². The molecule has 0 saturated carbocycles. The molecule has 5 nitrogen and oxygen atoms in total. The second-order valence-corrected chi connectivity index (χ2v) is 11.4. The Morgan fingerprint density at radius 2 is 1.83 bits per heavy atom. The van der Waals surface area contributed by atoms with Crippen molar-refractivity contribution in [3.8, 4) is 11.5 Å². The number of aryl methyl sites for hydroxylation is 2. The Kier molecular flexibility index (Phi) is 8.73. The molecule has 0 atom stereocenters. The molecule has 1 aliphatic rings. The zero-order chi connectivity index (χ0) is 26.0. The van der Waals surface area contributed by atoms with Crippen molar-refractivity contribution in [1.82, 2.24) is 5.32 Å². The highest BCUT2D eigenvalue weighted by Gasteiger charge is 2.25. The number of hydrogen-bond acceptors (Lipinski definition) is 5. The first-order valence-corrected chi connectivity index (χ1v) is 13.8. The van der Waals surface area contributed by atoms with E-state index < -0.39 is 0 Å². The normalized spacial score (nSPS) is 15.5. The minimum absolute atomic E-state index is 0.217. The average molecular weight is 671 g/mol. The van der Waals surface area contributed by atoms with Gasteiger partial charge in [-0.2, -0.15) is 0 Å². The van der Waals surface area contributed by atoms with E-state index in [2.05, 4.69) is 48.2 Å². The van der Waals surface area contributed by atoms with Crippen LogP contribution in [0.25, 0.3) is 6.08 Å². The third-order valence-corrected chi connectivity index (χ3v) is 9.05. The Morgan fingerprint density at radius 1 is 1.06 bits per heavy atom. The lowest BCUT2D eigenvalue weighted by Crippen LogP contribution is -2.19. The molecule has 1 heterocycles. The highest BCUT2D eigenvalue weighted by atomic mass is 79.9. The Balaban J connectivity index is 1.59. The Morgan fingerprint density at radius 3 is 2.53 bits per heavy atom. The molecule has 1 N–H and O–H groups in total. The van der Waals surface area contributed by atoms with Gasteiger partial charge in [0.05, 0.1) is 32.2 Å². The second kappa shape index (κ2) is 11.6. The van der Waals surface area contributed by atoms with Crippen LogP contribution < -0.4 is 14.8 Å². The number of carbonyl (C=O) groups is 1. The topological polar surface area (TPSA) is 59.9 Å². The predicted octanol–water partition coefficient (Wildman–Crippen LogP) is 8.61. The number of amides is 1. The van der Waals surface area contributed by atoms with Gasteiger partial charge in [0.1, 0.15) is 6.61 Å². The second-order valence-electron chi connectivity index (χ2n) is 7.93. The van der Waals surface area contributed by atoms with Gasteiger partial charge < -0.3 is 14.8 Å². The number of nitrogens with one attached hydrogen (secondary N) is 1. The summed E-state index contributed by atoms with van der Waals surface area (Å²) in [4.78, 5) is 17.8. The summed E-state index contributed by atoms with van der Waals surface area (Å²) in [6.07, 6.45) is 1.78. The van der Waals surface area contributed by atoms with Gasteiger partial charge >= 0.3 is 0 Å². The van der Waals surface area contributed by atoms with Crippen molar-refractivity contribution in [2.75, 3.05) is 7.11 Å². The minimum Gasteiger partial charge on any atom is -0.493 e. The maximum absolute atomic E-state index is 12.7. The van der Waals surface area contributed by atoms with E-state index >= 15 is 0 Å². The van der Waals surface area contributed by atoms with Crippen molar-refractivity contribution in [2.24, 2.45) is 4.99 Å². The predicted molar refractivity (Wildman–Crippen MR) is 156 cm³/mol. The Bertz CT molecular complexity index is 1430. The summed E-state index contributed by atoms with van der Waals surface area (Å²) < 4.78 is 13.0. The molecule has 1 saturated heterocycles. The summed E-state index contributed by atoms with van der Waals surface area (Å²) in [6.45, 7) is 4.29. The van der Waals surface area contributed by atoms with Crippen LogP contribution in [0.4, 0.5) is 5.69 Å². The Hall–Kier alpha value is -1.97. The van der Waals surface area contributed by atoms with E-state index in [9.17, 15) is 4.79 Å². The van der Waals surface area contributed by atoms with Crippen molar-refractivity contribution >= 4 is 89.7 Å². The van der Waals surface area contributed by atoms with Gasteiger partial charge in [-0.3, -0.25) is 4.79 Å². The van der Waals surface area contributed by atoms with Crippen LogP contribution in [0.15, 0.2) is 61.3 Å². The van der Waals surface area contributed by atoms with E-state index in [0.717, 1.165) is 27.9 Å². The van der Waals surface area contributed by atoms with Gasteiger partial charge in [0, 0.05) is 4.47 Å². The molecule has 186 valence electrons. The number of hydrogen-bond donors (Lipinski definition) is 1. The molecule has 0 aromatic heterocycles. The summed E-state index contributed by atoms with van der Waals surface area (Å²) in [5.74, 6) is 0.799. The van der Waals surface area contributed by atoms with Gasteiger partial charge in [-0.1, -0.05) is 47.0 Å². The summed E-state index contributed by atoms with van der Waals surface area (Å²) in [6, 6.07) is 13.1. The highest BCUT2D eigenvalue weighted by Crippen LogP contribution is 2.44. The third kappa shape index (κ3) is 6.11. The molecule has 0 unspecified atom stereocenters. The molecule has 0 bridgehead atoms. The number of benzene rings is 3. The molecule has 0 spiro atoms. The van der Waals surface area contributed by atoms with E-state index in [1.807, 2.05) is 32.0 Å². The number of nitrogens with zero attached hydrogens (tertiary/aromatic N) is 1. The lowest BCUT2D eigenvalue weighted by Gasteiger charge is -2.16. The number of halogens is 4. The highest BCUT2D eigenvalue weighted by molar-refractivity contribution is 9.13. The van der Waals surface area contributed by atoms with Gasteiger partial charge in [0.25, 0.3) is 5.91 Å². The van der Waals surface area contributed by atoms with Crippen molar-refractivity contribution in [1.29, 1.82) is 0 Å². The van der Waals surface area contributed by atoms with Gasteiger partial charge in [0.15, 0.2) is 16.7 Å². The minimum atomic E-state index is -0.217. The number of methoxy groups -OCH3 is 1. The van der Waals surface area contributed by atoms with Crippen molar-refractivity contribution in [2.45, 2.75) is 20.5 Å². The van der Waals surface area contributed by atoms with Crippen LogP contribution in [-0.2, 0) is 11.4 Å². The van der Waals surface area contributed by atoms with Crippen LogP contribution in [0.5, 0.6) is 11.5 Å². The monoisotopic (exact) mass is 668 g/mol. The average Bonchev–Trinajstić information content (AvgIpc) is 3.18. The molecule has 3 aromatic rings. The first-order valence-electron chi connectivity index (χ1n) is 10.7. The maximum Gasteiger partial charge on any atom is 0.264 e. The maximum atomic E-state index is 12.7. The van der Waals surface area contributed by atoms with E-state index in [1.165, 1.54) is 11.8 Å².